The van der Waals surface area contributed by atoms with Gasteiger partial charge in [0.15, 0.2) is 6.29 Å². The summed E-state index contributed by atoms with van der Waals surface area (Å²) in [5.41, 5.74) is 1.88. The first kappa shape index (κ1) is 16.0. The smallest absolute Gasteiger partial charge is 0.191 e. The standard InChI is InChI=1S/C15H24O4/c1-5-17-15(18-6-2)10-19-14-8-7-11(3)9-13(14)12(4)16/h7-9,12,15-16H,5-6,10H2,1-4H3/t12-/m1/s1. The van der Waals surface area contributed by atoms with Crippen LogP contribution < -0.4 is 4.74 Å². The van der Waals surface area contributed by atoms with Gasteiger partial charge in [0, 0.05) is 18.8 Å². The van der Waals surface area contributed by atoms with Crippen LogP contribution in [0.25, 0.3) is 0 Å². The molecule has 0 aliphatic rings. The average Bonchev–Trinajstić information content (AvgIpc) is 2.37. The zero-order chi connectivity index (χ0) is 14.3. The van der Waals surface area contributed by atoms with Crippen LogP contribution in [0, 0.1) is 6.92 Å². The topological polar surface area (TPSA) is 47.9 Å². The van der Waals surface area contributed by atoms with Crippen molar-refractivity contribution in [1.29, 1.82) is 0 Å². The van der Waals surface area contributed by atoms with Crippen molar-refractivity contribution in [2.75, 3.05) is 19.8 Å². The quantitative estimate of drug-likeness (QED) is 0.736. The molecule has 19 heavy (non-hydrogen) atoms. The molecule has 0 aromatic heterocycles. The Balaban J connectivity index is 2.70. The van der Waals surface area contributed by atoms with E-state index in [0.29, 0.717) is 25.6 Å². The van der Waals surface area contributed by atoms with E-state index in [1.807, 2.05) is 39.0 Å². The lowest BCUT2D eigenvalue weighted by atomic mass is 10.1. The molecule has 4 heteroatoms. The van der Waals surface area contributed by atoms with Crippen molar-refractivity contribution in [1.82, 2.24) is 0 Å². The third-order valence-corrected chi connectivity index (χ3v) is 2.70. The Morgan fingerprint density at radius 3 is 2.32 bits per heavy atom. The highest BCUT2D eigenvalue weighted by molar-refractivity contribution is 5.38. The summed E-state index contributed by atoms with van der Waals surface area (Å²) in [5.74, 6) is 0.671. The van der Waals surface area contributed by atoms with Gasteiger partial charge in [-0.15, -0.1) is 0 Å². The Kier molecular flexibility index (Phi) is 6.84. The van der Waals surface area contributed by atoms with Crippen molar-refractivity contribution in [3.05, 3.63) is 29.3 Å². The fourth-order valence-electron chi connectivity index (χ4n) is 1.80. The summed E-state index contributed by atoms with van der Waals surface area (Å²) in [7, 11) is 0. The second kappa shape index (κ2) is 8.15. The molecule has 0 radical (unpaired) electrons. The minimum Gasteiger partial charge on any atom is -0.488 e. The van der Waals surface area contributed by atoms with Crippen molar-refractivity contribution in [3.8, 4) is 5.75 Å². The van der Waals surface area contributed by atoms with Gasteiger partial charge < -0.3 is 19.3 Å². The lowest BCUT2D eigenvalue weighted by molar-refractivity contribution is -0.152. The first-order valence-electron chi connectivity index (χ1n) is 6.73. The second-order valence-electron chi connectivity index (χ2n) is 4.37. The molecule has 0 unspecified atom stereocenters. The molecule has 0 aliphatic heterocycles. The number of aliphatic hydroxyl groups is 1. The van der Waals surface area contributed by atoms with Crippen LogP contribution in [-0.4, -0.2) is 31.2 Å². The monoisotopic (exact) mass is 268 g/mol. The summed E-state index contributed by atoms with van der Waals surface area (Å²) in [6.07, 6.45) is -0.939. The molecule has 0 saturated heterocycles. The van der Waals surface area contributed by atoms with E-state index in [4.69, 9.17) is 14.2 Å². The Morgan fingerprint density at radius 2 is 1.79 bits per heavy atom. The van der Waals surface area contributed by atoms with E-state index in [1.165, 1.54) is 0 Å². The number of aliphatic hydroxyl groups excluding tert-OH is 1. The Morgan fingerprint density at radius 1 is 1.16 bits per heavy atom. The summed E-state index contributed by atoms with van der Waals surface area (Å²) in [5, 5.41) is 9.76. The van der Waals surface area contributed by atoms with Crippen LogP contribution in [0.3, 0.4) is 0 Å². The molecule has 0 spiro atoms. The van der Waals surface area contributed by atoms with Gasteiger partial charge in [0.1, 0.15) is 12.4 Å². The first-order chi connectivity index (χ1) is 9.08. The maximum Gasteiger partial charge on any atom is 0.191 e. The number of rotatable bonds is 8. The third-order valence-electron chi connectivity index (χ3n) is 2.70. The van der Waals surface area contributed by atoms with E-state index in [0.717, 1.165) is 11.1 Å². The molecule has 108 valence electrons. The normalized spacial score (nSPS) is 12.7. The van der Waals surface area contributed by atoms with Gasteiger partial charge in [0.05, 0.1) is 6.10 Å². The number of benzene rings is 1. The van der Waals surface area contributed by atoms with Crippen LogP contribution in [0.1, 0.15) is 38.0 Å². The Bertz CT molecular complexity index is 370. The highest BCUT2D eigenvalue weighted by Crippen LogP contribution is 2.26. The zero-order valence-corrected chi connectivity index (χ0v) is 12.2. The van der Waals surface area contributed by atoms with Gasteiger partial charge in [0.25, 0.3) is 0 Å². The molecule has 1 atom stereocenters. The van der Waals surface area contributed by atoms with Crippen molar-refractivity contribution < 1.29 is 19.3 Å². The van der Waals surface area contributed by atoms with Gasteiger partial charge in [-0.25, -0.2) is 0 Å². The highest BCUT2D eigenvalue weighted by Gasteiger charge is 2.13. The van der Waals surface area contributed by atoms with Crippen LogP contribution >= 0.6 is 0 Å². The van der Waals surface area contributed by atoms with E-state index < -0.39 is 6.10 Å². The first-order valence-corrected chi connectivity index (χ1v) is 6.73. The molecular formula is C15H24O4. The molecule has 4 nitrogen and oxygen atoms in total. The molecule has 1 rings (SSSR count). The van der Waals surface area contributed by atoms with Gasteiger partial charge in [0.2, 0.25) is 0 Å². The maximum absolute atomic E-state index is 9.76. The molecular weight excluding hydrogens is 244 g/mol. The van der Waals surface area contributed by atoms with Gasteiger partial charge in [-0.05, 0) is 39.8 Å². The van der Waals surface area contributed by atoms with E-state index in [9.17, 15) is 5.11 Å². The molecule has 0 heterocycles. The lowest BCUT2D eigenvalue weighted by Gasteiger charge is -2.19. The van der Waals surface area contributed by atoms with Crippen LogP contribution in [0.2, 0.25) is 0 Å². The van der Waals surface area contributed by atoms with E-state index in [-0.39, 0.29) is 6.29 Å². The number of aryl methyl sites for hydroxylation is 1. The summed E-state index contributed by atoms with van der Waals surface area (Å²) < 4.78 is 16.5. The van der Waals surface area contributed by atoms with E-state index in [1.54, 1.807) is 6.92 Å². The van der Waals surface area contributed by atoms with Gasteiger partial charge in [-0.3, -0.25) is 0 Å². The van der Waals surface area contributed by atoms with Crippen molar-refractivity contribution in [2.24, 2.45) is 0 Å². The third kappa shape index (κ3) is 5.19. The molecule has 0 bridgehead atoms. The fourth-order valence-corrected chi connectivity index (χ4v) is 1.80. The lowest BCUT2D eigenvalue weighted by Crippen LogP contribution is -2.25. The largest absolute Gasteiger partial charge is 0.488 e. The van der Waals surface area contributed by atoms with Crippen LogP contribution in [0.15, 0.2) is 18.2 Å². The molecule has 1 aromatic carbocycles. The van der Waals surface area contributed by atoms with E-state index in [2.05, 4.69) is 0 Å². The van der Waals surface area contributed by atoms with Crippen LogP contribution in [0.4, 0.5) is 0 Å². The molecule has 0 saturated carbocycles. The number of ether oxygens (including phenoxy) is 3. The van der Waals surface area contributed by atoms with Gasteiger partial charge in [-0.1, -0.05) is 11.6 Å². The van der Waals surface area contributed by atoms with E-state index >= 15 is 0 Å². The summed E-state index contributed by atoms with van der Waals surface area (Å²) in [6.45, 7) is 9.00. The van der Waals surface area contributed by atoms with Crippen LogP contribution in [-0.2, 0) is 9.47 Å². The minimum absolute atomic E-state index is 0.310. The molecule has 1 aromatic rings. The SMILES string of the molecule is CCOC(COc1ccc(C)cc1[C@@H](C)O)OCC. The van der Waals surface area contributed by atoms with Gasteiger partial charge >= 0.3 is 0 Å². The maximum atomic E-state index is 9.76. The summed E-state index contributed by atoms with van der Waals surface area (Å²) in [6, 6.07) is 5.75. The van der Waals surface area contributed by atoms with Crippen molar-refractivity contribution in [3.63, 3.8) is 0 Å². The summed E-state index contributed by atoms with van der Waals surface area (Å²) >= 11 is 0. The predicted octanol–water partition coefficient (Wildman–Crippen LogP) is 2.83. The minimum atomic E-state index is -0.562. The molecule has 0 amide bonds. The highest BCUT2D eigenvalue weighted by atomic mass is 16.7. The summed E-state index contributed by atoms with van der Waals surface area (Å²) in [4.78, 5) is 0. The predicted molar refractivity (Wildman–Crippen MR) is 74.3 cm³/mol. The second-order valence-corrected chi connectivity index (χ2v) is 4.37. The van der Waals surface area contributed by atoms with Crippen molar-refractivity contribution in [2.45, 2.75) is 40.1 Å². The van der Waals surface area contributed by atoms with Crippen LogP contribution in [0.5, 0.6) is 5.75 Å². The molecule has 1 N–H and O–H groups in total. The molecule has 0 aliphatic carbocycles. The Hall–Kier alpha value is -1.10. The zero-order valence-electron chi connectivity index (χ0n) is 12.2. The van der Waals surface area contributed by atoms with Crippen molar-refractivity contribution >= 4 is 0 Å². The molecule has 0 fully saturated rings. The average molecular weight is 268 g/mol. The number of hydrogen-bond acceptors (Lipinski definition) is 4. The Labute approximate surface area is 115 Å². The fraction of sp³-hybridized carbons (Fsp3) is 0.600. The number of hydrogen-bond donors (Lipinski definition) is 1. The van der Waals surface area contributed by atoms with Gasteiger partial charge in [-0.2, -0.15) is 0 Å².